The molecule has 0 amide bonds. The van der Waals surface area contributed by atoms with Crippen LogP contribution in [0.5, 0.6) is 0 Å². The van der Waals surface area contributed by atoms with Gasteiger partial charge in [-0.2, -0.15) is 0 Å². The molecule has 0 aromatic rings. The van der Waals surface area contributed by atoms with Crippen LogP contribution < -0.4 is 0 Å². The van der Waals surface area contributed by atoms with Crippen molar-refractivity contribution >= 4 is 5.97 Å². The van der Waals surface area contributed by atoms with E-state index in [1.165, 1.54) is 0 Å². The van der Waals surface area contributed by atoms with Crippen molar-refractivity contribution in [1.82, 2.24) is 0 Å². The molecule has 0 bridgehead atoms. The lowest BCUT2D eigenvalue weighted by molar-refractivity contribution is -0.145. The maximum absolute atomic E-state index is 11.4. The van der Waals surface area contributed by atoms with Crippen molar-refractivity contribution in [3.05, 3.63) is 0 Å². The fourth-order valence-corrected chi connectivity index (χ4v) is 1.69. The third-order valence-electron chi connectivity index (χ3n) is 2.60. The van der Waals surface area contributed by atoms with Crippen LogP contribution in [0.15, 0.2) is 0 Å². The monoisotopic (exact) mass is 214 g/mol. The fourth-order valence-electron chi connectivity index (χ4n) is 1.69. The molecule has 0 aromatic heterocycles. The molecule has 1 unspecified atom stereocenters. The maximum atomic E-state index is 11.4. The first kappa shape index (κ1) is 14.5. The summed E-state index contributed by atoms with van der Waals surface area (Å²) in [5.41, 5.74) is 0. The van der Waals surface area contributed by atoms with Crippen LogP contribution in [0.1, 0.15) is 59.8 Å². The zero-order valence-electron chi connectivity index (χ0n) is 10.7. The number of esters is 1. The van der Waals surface area contributed by atoms with Crippen LogP contribution in [-0.4, -0.2) is 12.6 Å². The molecule has 0 saturated carbocycles. The van der Waals surface area contributed by atoms with E-state index >= 15 is 0 Å². The second-order valence-electron chi connectivity index (χ2n) is 4.68. The molecule has 0 aliphatic carbocycles. The molecule has 90 valence electrons. The highest BCUT2D eigenvalue weighted by Crippen LogP contribution is 2.19. The topological polar surface area (TPSA) is 26.3 Å². The average molecular weight is 214 g/mol. The minimum Gasteiger partial charge on any atom is -0.466 e. The zero-order chi connectivity index (χ0) is 11.7. The van der Waals surface area contributed by atoms with Gasteiger partial charge in [0.15, 0.2) is 0 Å². The van der Waals surface area contributed by atoms with E-state index < -0.39 is 0 Å². The molecular weight excluding hydrogens is 188 g/mol. The predicted molar refractivity (Wildman–Crippen MR) is 63.7 cm³/mol. The van der Waals surface area contributed by atoms with E-state index in [1.807, 2.05) is 0 Å². The van der Waals surface area contributed by atoms with E-state index in [0.717, 1.165) is 25.7 Å². The van der Waals surface area contributed by atoms with Gasteiger partial charge in [-0.15, -0.1) is 0 Å². The quantitative estimate of drug-likeness (QED) is 0.454. The third kappa shape index (κ3) is 8.46. The smallest absolute Gasteiger partial charge is 0.306 e. The van der Waals surface area contributed by atoms with Crippen LogP contribution in [0.25, 0.3) is 0 Å². The Labute approximate surface area is 94.4 Å². The van der Waals surface area contributed by atoms with Gasteiger partial charge in [0.1, 0.15) is 0 Å². The number of unbranched alkanes of at least 4 members (excludes halogenated alkanes) is 1. The molecule has 15 heavy (non-hydrogen) atoms. The van der Waals surface area contributed by atoms with Crippen LogP contribution >= 0.6 is 0 Å². The molecule has 0 aliphatic heterocycles. The second-order valence-corrected chi connectivity index (χ2v) is 4.68. The summed E-state index contributed by atoms with van der Waals surface area (Å²) in [5, 5.41) is 0. The van der Waals surface area contributed by atoms with Gasteiger partial charge in [-0.05, 0) is 24.7 Å². The van der Waals surface area contributed by atoms with Crippen molar-refractivity contribution < 1.29 is 9.53 Å². The minimum atomic E-state index is -0.0176. The standard InChI is InChI=1S/C13H26O2/c1-5-7-8-15-13(14)10-12(6-2)9-11(3)4/h11-12H,5-10H2,1-4H3. The summed E-state index contributed by atoms with van der Waals surface area (Å²) >= 11 is 0. The Morgan fingerprint density at radius 3 is 2.40 bits per heavy atom. The summed E-state index contributed by atoms with van der Waals surface area (Å²) < 4.78 is 5.16. The molecule has 1 atom stereocenters. The van der Waals surface area contributed by atoms with Gasteiger partial charge in [-0.1, -0.05) is 40.5 Å². The predicted octanol–water partition coefficient (Wildman–Crippen LogP) is 3.79. The lowest BCUT2D eigenvalue weighted by Crippen LogP contribution is -2.13. The number of rotatable bonds is 8. The van der Waals surface area contributed by atoms with Crippen LogP contribution in [0.3, 0.4) is 0 Å². The first-order chi connectivity index (χ1) is 7.10. The van der Waals surface area contributed by atoms with Gasteiger partial charge in [0.2, 0.25) is 0 Å². The van der Waals surface area contributed by atoms with Gasteiger partial charge >= 0.3 is 5.97 Å². The molecular formula is C13H26O2. The number of ether oxygens (including phenoxy) is 1. The van der Waals surface area contributed by atoms with Crippen molar-refractivity contribution in [2.75, 3.05) is 6.61 Å². The van der Waals surface area contributed by atoms with Gasteiger partial charge in [0, 0.05) is 6.42 Å². The SMILES string of the molecule is CCCCOC(=O)CC(CC)CC(C)C. The summed E-state index contributed by atoms with van der Waals surface area (Å²) in [6.07, 6.45) is 4.85. The summed E-state index contributed by atoms with van der Waals surface area (Å²) in [6.45, 7) is 9.23. The molecule has 2 heteroatoms. The Hall–Kier alpha value is -0.530. The Morgan fingerprint density at radius 1 is 1.27 bits per heavy atom. The van der Waals surface area contributed by atoms with Gasteiger partial charge in [0.05, 0.1) is 6.61 Å². The summed E-state index contributed by atoms with van der Waals surface area (Å²) in [6, 6.07) is 0. The highest BCUT2D eigenvalue weighted by atomic mass is 16.5. The first-order valence-electron chi connectivity index (χ1n) is 6.25. The average Bonchev–Trinajstić information content (AvgIpc) is 2.16. The van der Waals surface area contributed by atoms with E-state index in [2.05, 4.69) is 27.7 Å². The van der Waals surface area contributed by atoms with Crippen LogP contribution in [-0.2, 0) is 9.53 Å². The van der Waals surface area contributed by atoms with Gasteiger partial charge in [0.25, 0.3) is 0 Å². The largest absolute Gasteiger partial charge is 0.466 e. The van der Waals surface area contributed by atoms with E-state index in [1.54, 1.807) is 0 Å². The Morgan fingerprint density at radius 2 is 1.93 bits per heavy atom. The molecule has 0 saturated heterocycles. The van der Waals surface area contributed by atoms with E-state index in [9.17, 15) is 4.79 Å². The number of hydrogen-bond donors (Lipinski definition) is 0. The molecule has 0 spiro atoms. The lowest BCUT2D eigenvalue weighted by Gasteiger charge is -2.16. The molecule has 0 N–H and O–H groups in total. The van der Waals surface area contributed by atoms with Crippen molar-refractivity contribution in [2.45, 2.75) is 59.8 Å². The summed E-state index contributed by atoms with van der Waals surface area (Å²) in [7, 11) is 0. The van der Waals surface area contributed by atoms with Gasteiger partial charge in [-0.25, -0.2) is 0 Å². The minimum absolute atomic E-state index is 0.0176. The zero-order valence-corrected chi connectivity index (χ0v) is 10.7. The van der Waals surface area contributed by atoms with Crippen molar-refractivity contribution in [3.8, 4) is 0 Å². The van der Waals surface area contributed by atoms with Crippen molar-refractivity contribution in [1.29, 1.82) is 0 Å². The molecule has 2 nitrogen and oxygen atoms in total. The Kier molecular flexibility index (Phi) is 8.44. The number of carbonyl (C=O) groups is 1. The number of hydrogen-bond acceptors (Lipinski definition) is 2. The van der Waals surface area contributed by atoms with Gasteiger partial charge < -0.3 is 4.74 Å². The Bertz CT molecular complexity index is 164. The van der Waals surface area contributed by atoms with Crippen molar-refractivity contribution in [3.63, 3.8) is 0 Å². The molecule has 0 radical (unpaired) electrons. The van der Waals surface area contributed by atoms with E-state index in [-0.39, 0.29) is 5.97 Å². The fraction of sp³-hybridized carbons (Fsp3) is 0.923. The molecule has 0 heterocycles. The molecule has 0 aliphatic rings. The van der Waals surface area contributed by atoms with Crippen LogP contribution in [0.2, 0.25) is 0 Å². The molecule has 0 rings (SSSR count). The van der Waals surface area contributed by atoms with Crippen LogP contribution in [0, 0.1) is 11.8 Å². The van der Waals surface area contributed by atoms with Crippen LogP contribution in [0.4, 0.5) is 0 Å². The van der Waals surface area contributed by atoms with Gasteiger partial charge in [-0.3, -0.25) is 4.79 Å². The first-order valence-corrected chi connectivity index (χ1v) is 6.25. The Balaban J connectivity index is 3.70. The maximum Gasteiger partial charge on any atom is 0.306 e. The third-order valence-corrected chi connectivity index (χ3v) is 2.60. The highest BCUT2D eigenvalue weighted by Gasteiger charge is 2.14. The number of carbonyl (C=O) groups excluding carboxylic acids is 1. The lowest BCUT2D eigenvalue weighted by atomic mass is 9.92. The molecule has 0 aromatic carbocycles. The molecule has 0 fully saturated rings. The second kappa shape index (κ2) is 8.75. The van der Waals surface area contributed by atoms with E-state index in [4.69, 9.17) is 4.74 Å². The summed E-state index contributed by atoms with van der Waals surface area (Å²) in [5.74, 6) is 1.15. The highest BCUT2D eigenvalue weighted by molar-refractivity contribution is 5.69. The summed E-state index contributed by atoms with van der Waals surface area (Å²) in [4.78, 5) is 11.4. The van der Waals surface area contributed by atoms with E-state index in [0.29, 0.717) is 24.9 Å². The van der Waals surface area contributed by atoms with Crippen molar-refractivity contribution in [2.24, 2.45) is 11.8 Å². The normalized spacial score (nSPS) is 12.9.